The van der Waals surface area contributed by atoms with E-state index in [2.05, 4.69) is 27.4 Å². The first kappa shape index (κ1) is 21.9. The fourth-order valence-electron chi connectivity index (χ4n) is 6.21. The largest absolute Gasteiger partial charge is 0.493 e. The number of hydrogen-bond acceptors (Lipinski definition) is 4. The Morgan fingerprint density at radius 1 is 0.966 bits per heavy atom. The third-order valence-electron chi connectivity index (χ3n) is 8.23. The Labute approximate surface area is 176 Å². The van der Waals surface area contributed by atoms with Crippen molar-refractivity contribution in [2.24, 2.45) is 22.7 Å². The normalized spacial score (nSPS) is 31.8. The van der Waals surface area contributed by atoms with Gasteiger partial charge in [-0.1, -0.05) is 32.9 Å². The molecule has 2 aliphatic carbocycles. The van der Waals surface area contributed by atoms with Crippen molar-refractivity contribution in [1.29, 1.82) is 0 Å². The molecule has 29 heavy (non-hydrogen) atoms. The Kier molecular flexibility index (Phi) is 6.12. The van der Waals surface area contributed by atoms with Crippen LogP contribution in [0.3, 0.4) is 0 Å². The van der Waals surface area contributed by atoms with E-state index in [-0.39, 0.29) is 10.8 Å². The maximum absolute atomic E-state index is 5.84. The van der Waals surface area contributed by atoms with Crippen LogP contribution in [0.5, 0.6) is 23.0 Å². The Morgan fingerprint density at radius 2 is 1.55 bits per heavy atom. The first-order valence-electron chi connectivity index (χ1n) is 10.8. The Balaban J connectivity index is 2.15. The second kappa shape index (κ2) is 8.12. The summed E-state index contributed by atoms with van der Waals surface area (Å²) in [6.07, 6.45) is 6.97. The van der Waals surface area contributed by atoms with E-state index in [1.54, 1.807) is 28.4 Å². The van der Waals surface area contributed by atoms with Crippen LogP contribution in [0.4, 0.5) is 0 Å². The third-order valence-corrected chi connectivity index (χ3v) is 8.23. The highest BCUT2D eigenvalue weighted by Gasteiger charge is 2.54. The van der Waals surface area contributed by atoms with Gasteiger partial charge in [0.15, 0.2) is 23.0 Å². The minimum atomic E-state index is 0.105. The maximum Gasteiger partial charge on any atom is 0.167 e. The van der Waals surface area contributed by atoms with Gasteiger partial charge >= 0.3 is 0 Å². The molecule has 0 radical (unpaired) electrons. The quantitative estimate of drug-likeness (QED) is 0.542. The minimum absolute atomic E-state index is 0.105. The summed E-state index contributed by atoms with van der Waals surface area (Å²) in [4.78, 5) is 0. The number of fused-ring (bicyclic) bond motifs is 1. The summed E-state index contributed by atoms with van der Waals surface area (Å²) < 4.78 is 22.9. The number of methoxy groups -OCH3 is 4. The van der Waals surface area contributed by atoms with E-state index < -0.39 is 0 Å². The van der Waals surface area contributed by atoms with Gasteiger partial charge in [-0.2, -0.15) is 0 Å². The third kappa shape index (κ3) is 3.39. The van der Waals surface area contributed by atoms with E-state index in [9.17, 15) is 0 Å². The highest BCUT2D eigenvalue weighted by Crippen LogP contribution is 2.63. The second-order valence-electron chi connectivity index (χ2n) is 9.41. The van der Waals surface area contributed by atoms with Crippen LogP contribution < -0.4 is 18.9 Å². The standard InChI is InChI=1S/C25H38O4/c1-16-10-9-11-21-24(16,3)13-12-17(2)25(21,4)15-18-22(28-7)19(26-5)14-20(27-6)23(18)29-8/h14,17,21H,1,9-13,15H2,2-8H3/t17-,21+,24+,25+/m0/s1. The zero-order chi connectivity index (χ0) is 21.4. The number of hydrogen-bond donors (Lipinski definition) is 0. The van der Waals surface area contributed by atoms with Gasteiger partial charge in [0.05, 0.1) is 28.4 Å². The molecule has 4 atom stereocenters. The van der Waals surface area contributed by atoms with Crippen molar-refractivity contribution in [3.05, 3.63) is 23.8 Å². The highest BCUT2D eigenvalue weighted by molar-refractivity contribution is 5.61. The van der Waals surface area contributed by atoms with E-state index in [0.29, 0.717) is 23.3 Å². The molecule has 0 spiro atoms. The zero-order valence-corrected chi connectivity index (χ0v) is 19.3. The summed E-state index contributed by atoms with van der Waals surface area (Å²) in [6, 6.07) is 1.85. The lowest BCUT2D eigenvalue weighted by molar-refractivity contribution is -0.0494. The van der Waals surface area contributed by atoms with Gasteiger partial charge in [0.2, 0.25) is 0 Å². The molecule has 2 saturated carbocycles. The summed E-state index contributed by atoms with van der Waals surface area (Å²) in [5.41, 5.74) is 2.80. The molecule has 0 bridgehead atoms. The van der Waals surface area contributed by atoms with Gasteiger partial charge in [-0.05, 0) is 61.2 Å². The van der Waals surface area contributed by atoms with Crippen LogP contribution in [0.2, 0.25) is 0 Å². The molecular weight excluding hydrogens is 364 g/mol. The molecule has 4 heteroatoms. The van der Waals surface area contributed by atoms with E-state index in [1.165, 1.54) is 31.3 Å². The fourth-order valence-corrected chi connectivity index (χ4v) is 6.21. The van der Waals surface area contributed by atoms with Crippen LogP contribution in [-0.4, -0.2) is 28.4 Å². The van der Waals surface area contributed by atoms with Crippen molar-refractivity contribution >= 4 is 0 Å². The lowest BCUT2D eigenvalue weighted by Gasteiger charge is -2.59. The Morgan fingerprint density at radius 3 is 2.07 bits per heavy atom. The molecule has 162 valence electrons. The summed E-state index contributed by atoms with van der Waals surface area (Å²) in [7, 11) is 6.74. The van der Waals surface area contributed by atoms with E-state index >= 15 is 0 Å². The molecule has 0 saturated heterocycles. The van der Waals surface area contributed by atoms with Gasteiger partial charge in [-0.3, -0.25) is 0 Å². The number of ether oxygens (including phenoxy) is 4. The van der Waals surface area contributed by atoms with Crippen molar-refractivity contribution in [2.75, 3.05) is 28.4 Å². The van der Waals surface area contributed by atoms with Gasteiger partial charge in [-0.25, -0.2) is 0 Å². The van der Waals surface area contributed by atoms with Gasteiger partial charge in [0.25, 0.3) is 0 Å². The van der Waals surface area contributed by atoms with Crippen LogP contribution in [0.1, 0.15) is 58.4 Å². The predicted molar refractivity (Wildman–Crippen MR) is 117 cm³/mol. The van der Waals surface area contributed by atoms with Crippen molar-refractivity contribution < 1.29 is 18.9 Å². The minimum Gasteiger partial charge on any atom is -0.493 e. The number of allylic oxidation sites excluding steroid dienone is 1. The monoisotopic (exact) mass is 402 g/mol. The molecule has 0 heterocycles. The first-order chi connectivity index (χ1) is 13.8. The van der Waals surface area contributed by atoms with Gasteiger partial charge in [-0.15, -0.1) is 0 Å². The molecule has 0 aromatic heterocycles. The molecular formula is C25H38O4. The molecule has 0 unspecified atom stereocenters. The second-order valence-corrected chi connectivity index (χ2v) is 9.41. The summed E-state index contributed by atoms with van der Waals surface area (Å²) in [6.45, 7) is 11.8. The first-order valence-corrected chi connectivity index (χ1v) is 10.8. The fraction of sp³-hybridized carbons (Fsp3) is 0.680. The lowest BCUT2D eigenvalue weighted by Crippen LogP contribution is -2.51. The maximum atomic E-state index is 5.84. The number of rotatable bonds is 6. The average Bonchev–Trinajstić information content (AvgIpc) is 2.71. The van der Waals surface area contributed by atoms with Crippen LogP contribution >= 0.6 is 0 Å². The molecule has 0 aliphatic heterocycles. The van der Waals surface area contributed by atoms with E-state index in [1.807, 2.05) is 6.07 Å². The predicted octanol–water partition coefficient (Wildman–Crippen LogP) is 6.06. The van der Waals surface area contributed by atoms with E-state index in [0.717, 1.165) is 29.9 Å². The molecule has 1 aromatic rings. The SMILES string of the molecule is C=C1CCC[C@H]2[C@](C)(Cc3c(OC)c(OC)cc(OC)c3OC)[C@@H](C)CC[C@]12C. The average molecular weight is 403 g/mol. The van der Waals surface area contributed by atoms with Gasteiger partial charge in [0, 0.05) is 11.6 Å². The van der Waals surface area contributed by atoms with Crippen LogP contribution in [0.15, 0.2) is 18.2 Å². The smallest absolute Gasteiger partial charge is 0.167 e. The van der Waals surface area contributed by atoms with Gasteiger partial charge in [0.1, 0.15) is 0 Å². The van der Waals surface area contributed by atoms with Crippen molar-refractivity contribution in [3.8, 4) is 23.0 Å². The Bertz CT molecular complexity index is 740. The zero-order valence-electron chi connectivity index (χ0n) is 19.3. The lowest BCUT2D eigenvalue weighted by atomic mass is 9.46. The Hall–Kier alpha value is -1.84. The van der Waals surface area contributed by atoms with E-state index in [4.69, 9.17) is 18.9 Å². The molecule has 3 rings (SSSR count). The van der Waals surface area contributed by atoms with Crippen LogP contribution in [0.25, 0.3) is 0 Å². The van der Waals surface area contributed by atoms with Crippen molar-refractivity contribution in [1.82, 2.24) is 0 Å². The van der Waals surface area contributed by atoms with Crippen molar-refractivity contribution in [2.45, 2.75) is 59.3 Å². The van der Waals surface area contributed by atoms with Crippen LogP contribution in [0, 0.1) is 22.7 Å². The van der Waals surface area contributed by atoms with Crippen molar-refractivity contribution in [3.63, 3.8) is 0 Å². The highest BCUT2D eigenvalue weighted by atomic mass is 16.5. The number of benzene rings is 1. The van der Waals surface area contributed by atoms with Crippen LogP contribution in [-0.2, 0) is 6.42 Å². The summed E-state index contributed by atoms with van der Waals surface area (Å²) in [5, 5.41) is 0. The molecule has 1 aromatic carbocycles. The molecule has 2 fully saturated rings. The topological polar surface area (TPSA) is 36.9 Å². The molecule has 2 aliphatic rings. The molecule has 0 N–H and O–H groups in total. The summed E-state index contributed by atoms with van der Waals surface area (Å²) >= 11 is 0. The molecule has 0 amide bonds. The summed E-state index contributed by atoms with van der Waals surface area (Å²) in [5.74, 6) is 4.05. The molecule has 4 nitrogen and oxygen atoms in total. The van der Waals surface area contributed by atoms with Gasteiger partial charge < -0.3 is 18.9 Å².